The molecule has 9 nitrogen and oxygen atoms in total. The third-order valence-corrected chi connectivity index (χ3v) is 5.69. The SMILES string of the molecule is N#Cc1cc2c(nc1N1CCCC1Cn1nc(-n3ccnc3)ccc1=O)CCOC2. The molecule has 3 aromatic heterocycles. The zero-order valence-electron chi connectivity index (χ0n) is 16.4. The predicted molar refractivity (Wildman–Crippen MR) is 108 cm³/mol. The van der Waals surface area contributed by atoms with E-state index in [1.165, 1.54) is 10.7 Å². The Labute approximate surface area is 173 Å². The summed E-state index contributed by atoms with van der Waals surface area (Å²) in [5.41, 5.74) is 2.39. The van der Waals surface area contributed by atoms with E-state index in [2.05, 4.69) is 21.1 Å². The fraction of sp³-hybridized carbons (Fsp3) is 0.381. The van der Waals surface area contributed by atoms with Crippen molar-refractivity contribution in [3.8, 4) is 11.9 Å². The molecule has 1 saturated heterocycles. The molecule has 0 amide bonds. The molecule has 1 fully saturated rings. The fourth-order valence-electron chi connectivity index (χ4n) is 4.18. The molecule has 0 radical (unpaired) electrons. The van der Waals surface area contributed by atoms with Crippen molar-refractivity contribution >= 4 is 5.82 Å². The molecule has 0 saturated carbocycles. The van der Waals surface area contributed by atoms with E-state index < -0.39 is 0 Å². The Morgan fingerprint density at radius 2 is 2.27 bits per heavy atom. The number of aromatic nitrogens is 5. The summed E-state index contributed by atoms with van der Waals surface area (Å²) in [4.78, 5) is 23.5. The van der Waals surface area contributed by atoms with E-state index in [9.17, 15) is 10.1 Å². The predicted octanol–water partition coefficient (Wildman–Crippen LogP) is 1.44. The van der Waals surface area contributed by atoms with Crippen LogP contribution in [-0.2, 0) is 24.3 Å². The quantitative estimate of drug-likeness (QED) is 0.649. The molecule has 0 spiro atoms. The number of hydrogen-bond acceptors (Lipinski definition) is 7. The van der Waals surface area contributed by atoms with Crippen molar-refractivity contribution < 1.29 is 4.74 Å². The highest BCUT2D eigenvalue weighted by atomic mass is 16.5. The highest BCUT2D eigenvalue weighted by Crippen LogP contribution is 2.30. The normalized spacial score (nSPS) is 18.2. The molecule has 0 N–H and O–H groups in total. The van der Waals surface area contributed by atoms with Crippen LogP contribution in [0.5, 0.6) is 0 Å². The summed E-state index contributed by atoms with van der Waals surface area (Å²) in [7, 11) is 0. The van der Waals surface area contributed by atoms with Crippen molar-refractivity contribution in [1.82, 2.24) is 24.3 Å². The van der Waals surface area contributed by atoms with E-state index >= 15 is 0 Å². The van der Waals surface area contributed by atoms with Gasteiger partial charge in [-0.25, -0.2) is 14.6 Å². The van der Waals surface area contributed by atoms with Crippen molar-refractivity contribution in [3.05, 3.63) is 64.1 Å². The molecule has 5 rings (SSSR count). The second kappa shape index (κ2) is 7.72. The molecule has 0 aliphatic carbocycles. The van der Waals surface area contributed by atoms with E-state index in [0.29, 0.717) is 37.0 Å². The highest BCUT2D eigenvalue weighted by Gasteiger charge is 2.30. The van der Waals surface area contributed by atoms with Gasteiger partial charge in [0.1, 0.15) is 18.2 Å². The van der Waals surface area contributed by atoms with Gasteiger partial charge in [0, 0.05) is 37.0 Å². The molecular formula is C21H21N7O2. The minimum Gasteiger partial charge on any atom is -0.376 e. The van der Waals surface area contributed by atoms with Crippen LogP contribution in [0.4, 0.5) is 5.82 Å². The average Bonchev–Trinajstić information content (AvgIpc) is 3.46. The van der Waals surface area contributed by atoms with Gasteiger partial charge in [-0.1, -0.05) is 0 Å². The van der Waals surface area contributed by atoms with Crippen molar-refractivity contribution in [1.29, 1.82) is 5.26 Å². The summed E-state index contributed by atoms with van der Waals surface area (Å²) < 4.78 is 8.76. The molecule has 0 bridgehead atoms. The molecule has 5 heterocycles. The number of fused-ring (bicyclic) bond motifs is 1. The Kier molecular flexibility index (Phi) is 4.77. The second-order valence-electron chi connectivity index (χ2n) is 7.55. The Balaban J connectivity index is 1.46. The van der Waals surface area contributed by atoms with E-state index in [-0.39, 0.29) is 11.6 Å². The number of rotatable bonds is 4. The number of nitriles is 1. The van der Waals surface area contributed by atoms with Crippen LogP contribution < -0.4 is 10.5 Å². The van der Waals surface area contributed by atoms with Crippen LogP contribution in [0.25, 0.3) is 5.82 Å². The summed E-state index contributed by atoms with van der Waals surface area (Å²) in [6, 6.07) is 7.45. The fourth-order valence-corrected chi connectivity index (χ4v) is 4.18. The number of hydrogen-bond donors (Lipinski definition) is 0. The van der Waals surface area contributed by atoms with Crippen LogP contribution in [0, 0.1) is 11.3 Å². The Morgan fingerprint density at radius 3 is 3.10 bits per heavy atom. The zero-order chi connectivity index (χ0) is 20.5. The van der Waals surface area contributed by atoms with Crippen molar-refractivity contribution in [2.45, 2.75) is 38.5 Å². The highest BCUT2D eigenvalue weighted by molar-refractivity contribution is 5.57. The van der Waals surface area contributed by atoms with Gasteiger partial charge in [-0.2, -0.15) is 10.4 Å². The number of anilines is 1. The van der Waals surface area contributed by atoms with Crippen LogP contribution in [0.1, 0.15) is 29.7 Å². The molecule has 2 aliphatic rings. The lowest BCUT2D eigenvalue weighted by Gasteiger charge is -2.28. The van der Waals surface area contributed by atoms with Crippen LogP contribution in [0.3, 0.4) is 0 Å². The molecule has 30 heavy (non-hydrogen) atoms. The van der Waals surface area contributed by atoms with Crippen LogP contribution in [0.2, 0.25) is 0 Å². The largest absolute Gasteiger partial charge is 0.376 e. The number of ether oxygens (including phenoxy) is 1. The lowest BCUT2D eigenvalue weighted by atomic mass is 10.1. The van der Waals surface area contributed by atoms with Gasteiger partial charge in [0.2, 0.25) is 0 Å². The molecule has 2 aliphatic heterocycles. The molecule has 152 valence electrons. The van der Waals surface area contributed by atoms with E-state index in [1.54, 1.807) is 29.4 Å². The van der Waals surface area contributed by atoms with E-state index in [4.69, 9.17) is 9.72 Å². The van der Waals surface area contributed by atoms with Gasteiger partial charge in [-0.15, -0.1) is 0 Å². The minimum atomic E-state index is -0.151. The Morgan fingerprint density at radius 1 is 1.33 bits per heavy atom. The van der Waals surface area contributed by atoms with Crippen molar-refractivity contribution in [2.75, 3.05) is 18.1 Å². The first-order valence-electron chi connectivity index (χ1n) is 10.1. The molecular weight excluding hydrogens is 382 g/mol. The number of imidazole rings is 1. The van der Waals surface area contributed by atoms with Gasteiger partial charge in [-0.3, -0.25) is 9.36 Å². The third kappa shape index (κ3) is 3.35. The minimum absolute atomic E-state index is 0.0470. The maximum atomic E-state index is 12.5. The maximum Gasteiger partial charge on any atom is 0.266 e. The van der Waals surface area contributed by atoms with Gasteiger partial charge in [0.15, 0.2) is 5.82 Å². The summed E-state index contributed by atoms with van der Waals surface area (Å²) in [5.74, 6) is 1.35. The third-order valence-electron chi connectivity index (χ3n) is 5.69. The van der Waals surface area contributed by atoms with Gasteiger partial charge in [0.25, 0.3) is 5.56 Å². The van der Waals surface area contributed by atoms with Gasteiger partial charge in [0.05, 0.1) is 37.1 Å². The summed E-state index contributed by atoms with van der Waals surface area (Å²) in [6.07, 6.45) is 7.76. The van der Waals surface area contributed by atoms with Gasteiger partial charge in [-0.05, 0) is 25.0 Å². The molecule has 0 aromatic carbocycles. The first-order valence-corrected chi connectivity index (χ1v) is 10.1. The zero-order valence-corrected chi connectivity index (χ0v) is 16.4. The van der Waals surface area contributed by atoms with Crippen molar-refractivity contribution in [3.63, 3.8) is 0 Å². The summed E-state index contributed by atoms with van der Waals surface area (Å²) in [6.45, 7) is 2.39. The Bertz CT molecular complexity index is 1160. The number of pyridine rings is 1. The van der Waals surface area contributed by atoms with Crippen LogP contribution in [0.15, 0.2) is 41.7 Å². The van der Waals surface area contributed by atoms with Crippen molar-refractivity contribution in [2.24, 2.45) is 0 Å². The smallest absolute Gasteiger partial charge is 0.266 e. The Hall–Kier alpha value is -3.51. The van der Waals surface area contributed by atoms with E-state index in [0.717, 1.165) is 37.1 Å². The van der Waals surface area contributed by atoms with Gasteiger partial charge < -0.3 is 9.64 Å². The first-order chi connectivity index (χ1) is 14.7. The molecule has 1 unspecified atom stereocenters. The standard InChI is InChI=1S/C21H21N7O2/c22-11-15-10-16-13-30-9-5-18(16)24-21(15)27-7-1-2-17(27)12-28-20(29)4-3-19(25-28)26-8-6-23-14-26/h3-4,6,8,10,14,17H,1-2,5,7,9,12-13H2. The first kappa shape index (κ1) is 18.5. The maximum absolute atomic E-state index is 12.5. The molecule has 3 aromatic rings. The summed E-state index contributed by atoms with van der Waals surface area (Å²) in [5, 5.41) is 14.2. The molecule has 1 atom stereocenters. The molecule has 9 heteroatoms. The average molecular weight is 403 g/mol. The lowest BCUT2D eigenvalue weighted by molar-refractivity contribution is 0.109. The monoisotopic (exact) mass is 403 g/mol. The summed E-state index contributed by atoms with van der Waals surface area (Å²) >= 11 is 0. The van der Waals surface area contributed by atoms with Crippen LogP contribution >= 0.6 is 0 Å². The second-order valence-corrected chi connectivity index (χ2v) is 7.55. The van der Waals surface area contributed by atoms with E-state index in [1.807, 2.05) is 6.07 Å². The van der Waals surface area contributed by atoms with Gasteiger partial charge >= 0.3 is 0 Å². The number of nitrogens with zero attached hydrogens (tertiary/aromatic N) is 7. The lowest BCUT2D eigenvalue weighted by Crippen LogP contribution is -2.38. The topological polar surface area (TPSA) is 102 Å². The van der Waals surface area contributed by atoms with Crippen LogP contribution in [-0.4, -0.2) is 43.5 Å².